The summed E-state index contributed by atoms with van der Waals surface area (Å²) in [6.07, 6.45) is 6.24. The summed E-state index contributed by atoms with van der Waals surface area (Å²) in [5.74, 6) is -1.26. The maximum absolute atomic E-state index is 10.9. The maximum Gasteiger partial charge on any atom is 0.169 e. The van der Waals surface area contributed by atoms with Crippen molar-refractivity contribution in [1.82, 2.24) is 0 Å². The van der Waals surface area contributed by atoms with Gasteiger partial charge in [0, 0.05) is 25.7 Å². The highest BCUT2D eigenvalue weighted by atomic mass is 16.8. The minimum atomic E-state index is -0.814. The smallest absolute Gasteiger partial charge is 0.169 e. The van der Waals surface area contributed by atoms with Gasteiger partial charge in [0.25, 0.3) is 0 Å². The zero-order chi connectivity index (χ0) is 16.4. The van der Waals surface area contributed by atoms with Crippen molar-refractivity contribution < 1.29 is 29.2 Å². The monoisotopic (exact) mass is 340 g/mol. The zero-order valence-corrected chi connectivity index (χ0v) is 14.1. The number of ether oxygens (including phenoxy) is 4. The summed E-state index contributed by atoms with van der Waals surface area (Å²) >= 11 is 0. The zero-order valence-electron chi connectivity index (χ0n) is 14.1. The Labute approximate surface area is 142 Å². The lowest BCUT2D eigenvalue weighted by molar-refractivity contribution is -0.224. The molecule has 136 valence electrons. The van der Waals surface area contributed by atoms with Crippen molar-refractivity contribution >= 4 is 0 Å². The standard InChI is InChI=1S/C18H28O6/c19-11-13-14(22-17(21-13)7-3-1-4-8-17)12(20)16-15(11)23-18(24-16)9-5-2-6-10-18/h11-16,19-20H,1-10H2/t11?,12?,13-,14-,15-,16-/m0/s1. The molecule has 3 saturated carbocycles. The minimum absolute atomic E-state index is 0.526. The Kier molecular flexibility index (Phi) is 3.75. The molecule has 6 heteroatoms. The van der Waals surface area contributed by atoms with E-state index in [0.717, 1.165) is 51.4 Å². The number of fused-ring (bicyclic) bond motifs is 2. The van der Waals surface area contributed by atoms with Crippen LogP contribution in [-0.4, -0.2) is 58.4 Å². The van der Waals surface area contributed by atoms with E-state index < -0.39 is 48.2 Å². The largest absolute Gasteiger partial charge is 0.387 e. The van der Waals surface area contributed by atoms with Gasteiger partial charge in [-0.1, -0.05) is 12.8 Å². The van der Waals surface area contributed by atoms with Crippen molar-refractivity contribution in [3.8, 4) is 0 Å². The van der Waals surface area contributed by atoms with Gasteiger partial charge in [-0.3, -0.25) is 0 Å². The Bertz CT molecular complexity index is 412. The molecular weight excluding hydrogens is 312 g/mol. The molecule has 0 aromatic heterocycles. The van der Waals surface area contributed by atoms with E-state index in [4.69, 9.17) is 18.9 Å². The summed E-state index contributed by atoms with van der Waals surface area (Å²) in [7, 11) is 0. The molecule has 0 radical (unpaired) electrons. The second-order valence-electron chi connectivity index (χ2n) is 8.25. The number of hydrogen-bond donors (Lipinski definition) is 2. The van der Waals surface area contributed by atoms with Gasteiger partial charge in [-0.2, -0.15) is 0 Å². The first-order valence-corrected chi connectivity index (χ1v) is 9.69. The molecule has 0 bridgehead atoms. The number of hydrogen-bond acceptors (Lipinski definition) is 6. The number of rotatable bonds is 0. The maximum atomic E-state index is 10.9. The third-order valence-corrected chi connectivity index (χ3v) is 6.63. The molecule has 0 aromatic carbocycles. The average Bonchev–Trinajstić information content (AvgIpc) is 3.14. The molecule has 24 heavy (non-hydrogen) atoms. The normalized spacial score (nSPS) is 49.2. The van der Waals surface area contributed by atoms with Crippen molar-refractivity contribution in [1.29, 1.82) is 0 Å². The van der Waals surface area contributed by atoms with E-state index in [1.165, 1.54) is 12.8 Å². The van der Waals surface area contributed by atoms with Gasteiger partial charge in [0.15, 0.2) is 11.6 Å². The van der Waals surface area contributed by atoms with Gasteiger partial charge in [-0.25, -0.2) is 0 Å². The van der Waals surface area contributed by atoms with Crippen molar-refractivity contribution in [3.63, 3.8) is 0 Å². The van der Waals surface area contributed by atoms with Crippen molar-refractivity contribution in [2.75, 3.05) is 0 Å². The molecule has 0 amide bonds. The number of aliphatic hydroxyl groups is 2. The quantitative estimate of drug-likeness (QED) is 0.698. The fourth-order valence-corrected chi connectivity index (χ4v) is 5.40. The lowest BCUT2D eigenvalue weighted by Gasteiger charge is -2.38. The van der Waals surface area contributed by atoms with E-state index >= 15 is 0 Å². The second-order valence-corrected chi connectivity index (χ2v) is 8.25. The first kappa shape index (κ1) is 16.0. The Morgan fingerprint density at radius 2 is 0.792 bits per heavy atom. The van der Waals surface area contributed by atoms with E-state index in [0.29, 0.717) is 0 Å². The van der Waals surface area contributed by atoms with Gasteiger partial charge in [0.2, 0.25) is 0 Å². The summed E-state index contributed by atoms with van der Waals surface area (Å²) < 4.78 is 24.8. The first-order valence-electron chi connectivity index (χ1n) is 9.69. The molecule has 0 aromatic rings. The Morgan fingerprint density at radius 1 is 0.500 bits per heavy atom. The second kappa shape index (κ2) is 5.63. The highest BCUT2D eigenvalue weighted by Gasteiger charge is 2.65. The van der Waals surface area contributed by atoms with Crippen LogP contribution in [0.5, 0.6) is 0 Å². The SMILES string of the molecule is OC1[C@@H]2OC3(CCCCC3)O[C@H]2C(O)[C@@H]2OC3(CCCCC3)O[C@@H]12. The van der Waals surface area contributed by atoms with Gasteiger partial charge in [0.1, 0.15) is 36.6 Å². The van der Waals surface area contributed by atoms with Gasteiger partial charge in [-0.15, -0.1) is 0 Å². The van der Waals surface area contributed by atoms with Gasteiger partial charge < -0.3 is 29.2 Å². The van der Waals surface area contributed by atoms with Crippen LogP contribution in [0.2, 0.25) is 0 Å². The van der Waals surface area contributed by atoms with E-state index in [1.54, 1.807) is 0 Å². The molecule has 4 atom stereocenters. The number of aliphatic hydroxyl groups excluding tert-OH is 2. The summed E-state index contributed by atoms with van der Waals surface area (Å²) in [6.45, 7) is 0. The van der Waals surface area contributed by atoms with Crippen LogP contribution >= 0.6 is 0 Å². The minimum Gasteiger partial charge on any atom is -0.387 e. The third kappa shape index (κ3) is 2.31. The summed E-state index contributed by atoms with van der Waals surface area (Å²) in [5.41, 5.74) is 0. The fraction of sp³-hybridized carbons (Fsp3) is 1.00. The lowest BCUT2D eigenvalue weighted by Crippen LogP contribution is -2.61. The molecule has 2 spiro atoms. The molecule has 3 aliphatic carbocycles. The Morgan fingerprint density at radius 3 is 1.08 bits per heavy atom. The van der Waals surface area contributed by atoms with E-state index in [9.17, 15) is 10.2 Å². The van der Waals surface area contributed by atoms with Crippen LogP contribution in [-0.2, 0) is 18.9 Å². The first-order chi connectivity index (χ1) is 11.6. The van der Waals surface area contributed by atoms with Crippen LogP contribution in [0.25, 0.3) is 0 Å². The van der Waals surface area contributed by atoms with E-state index in [-0.39, 0.29) is 0 Å². The topological polar surface area (TPSA) is 77.4 Å². The predicted molar refractivity (Wildman–Crippen MR) is 83.1 cm³/mol. The molecule has 2 saturated heterocycles. The molecule has 2 aliphatic heterocycles. The molecule has 5 aliphatic rings. The summed E-state index contributed by atoms with van der Waals surface area (Å²) in [5, 5.41) is 21.7. The fourth-order valence-electron chi connectivity index (χ4n) is 5.40. The third-order valence-electron chi connectivity index (χ3n) is 6.63. The van der Waals surface area contributed by atoms with Crippen molar-refractivity contribution in [2.24, 2.45) is 0 Å². The lowest BCUT2D eigenvalue weighted by atomic mass is 9.85. The molecular formula is C18H28O6. The average molecular weight is 340 g/mol. The predicted octanol–water partition coefficient (Wildman–Crippen LogP) is 1.61. The Hall–Kier alpha value is -0.240. The van der Waals surface area contributed by atoms with Gasteiger partial charge >= 0.3 is 0 Å². The van der Waals surface area contributed by atoms with Crippen LogP contribution in [0.15, 0.2) is 0 Å². The molecule has 2 heterocycles. The Balaban J connectivity index is 1.38. The van der Waals surface area contributed by atoms with Crippen LogP contribution in [0.3, 0.4) is 0 Å². The van der Waals surface area contributed by atoms with Crippen molar-refractivity contribution in [2.45, 2.75) is 112 Å². The summed E-state index contributed by atoms with van der Waals surface area (Å²) in [4.78, 5) is 0. The van der Waals surface area contributed by atoms with E-state index in [2.05, 4.69) is 0 Å². The van der Waals surface area contributed by atoms with Crippen LogP contribution in [0.4, 0.5) is 0 Å². The van der Waals surface area contributed by atoms with E-state index in [1.807, 2.05) is 0 Å². The van der Waals surface area contributed by atoms with Gasteiger partial charge in [0.05, 0.1) is 0 Å². The van der Waals surface area contributed by atoms with Gasteiger partial charge in [-0.05, 0) is 25.7 Å². The molecule has 6 nitrogen and oxygen atoms in total. The molecule has 5 rings (SSSR count). The molecule has 5 fully saturated rings. The highest BCUT2D eigenvalue weighted by molar-refractivity contribution is 5.09. The van der Waals surface area contributed by atoms with Crippen LogP contribution < -0.4 is 0 Å². The molecule has 0 unspecified atom stereocenters. The van der Waals surface area contributed by atoms with Crippen LogP contribution in [0.1, 0.15) is 64.2 Å². The van der Waals surface area contributed by atoms with Crippen LogP contribution in [0, 0.1) is 0 Å². The van der Waals surface area contributed by atoms with Crippen molar-refractivity contribution in [3.05, 3.63) is 0 Å². The highest BCUT2D eigenvalue weighted by Crippen LogP contribution is 2.50. The summed E-state index contributed by atoms with van der Waals surface area (Å²) in [6, 6.07) is 0. The molecule has 2 N–H and O–H groups in total.